The van der Waals surface area contributed by atoms with E-state index < -0.39 is 23.8 Å². The van der Waals surface area contributed by atoms with Gasteiger partial charge in [-0.1, -0.05) is 12.1 Å². The molecule has 2 atom stereocenters. The van der Waals surface area contributed by atoms with Gasteiger partial charge in [0.2, 0.25) is 5.91 Å². The van der Waals surface area contributed by atoms with Crippen molar-refractivity contribution in [2.75, 3.05) is 24.5 Å². The minimum atomic E-state index is -4.36. The predicted molar refractivity (Wildman–Crippen MR) is 128 cm³/mol. The fraction of sp³-hybridized carbons (Fsp3) is 0.480. The van der Waals surface area contributed by atoms with Gasteiger partial charge in [-0.15, -0.1) is 0 Å². The summed E-state index contributed by atoms with van der Waals surface area (Å²) >= 11 is 0. The Labute approximate surface area is 206 Å². The maximum Gasteiger partial charge on any atom is 0.416 e. The monoisotopic (exact) mass is 502 g/mol. The van der Waals surface area contributed by atoms with Crippen molar-refractivity contribution in [2.24, 2.45) is 11.7 Å². The predicted octanol–water partition coefficient (Wildman–Crippen LogP) is 2.79. The molecule has 192 valence electrons. The second-order valence-electron chi connectivity index (χ2n) is 9.77. The van der Waals surface area contributed by atoms with E-state index in [4.69, 9.17) is 5.73 Å². The van der Waals surface area contributed by atoms with Gasteiger partial charge in [-0.05, 0) is 49.6 Å². The number of nitrogens with two attached hydrogens (primary N) is 1. The van der Waals surface area contributed by atoms with Gasteiger partial charge in [0, 0.05) is 37.8 Å². The zero-order valence-corrected chi connectivity index (χ0v) is 19.7. The summed E-state index contributed by atoms with van der Waals surface area (Å²) in [5.41, 5.74) is 6.16. The molecule has 1 aliphatic carbocycles. The second kappa shape index (κ2) is 9.70. The second-order valence-corrected chi connectivity index (χ2v) is 9.77. The summed E-state index contributed by atoms with van der Waals surface area (Å²) in [6, 6.07) is 7.52. The van der Waals surface area contributed by atoms with Gasteiger partial charge in [0.25, 0.3) is 0 Å². The minimum Gasteiger partial charge on any atom is -0.391 e. The van der Waals surface area contributed by atoms with Crippen molar-refractivity contribution in [3.63, 3.8) is 0 Å². The Bertz CT molecular complexity index is 1220. The molecule has 3 aromatic rings. The Morgan fingerprint density at radius 3 is 2.53 bits per heavy atom. The molecule has 2 fully saturated rings. The number of amides is 1. The molecule has 0 radical (unpaired) electrons. The number of rotatable bonds is 8. The maximum atomic E-state index is 13.0. The highest BCUT2D eigenvalue weighted by Gasteiger charge is 2.33. The maximum absolute atomic E-state index is 13.0. The van der Waals surface area contributed by atoms with Gasteiger partial charge in [0.05, 0.1) is 23.6 Å². The lowest BCUT2D eigenvalue weighted by Gasteiger charge is -2.35. The number of aliphatic hydroxyl groups is 1. The minimum absolute atomic E-state index is 0.00910. The molecule has 1 saturated carbocycles. The summed E-state index contributed by atoms with van der Waals surface area (Å²) in [5, 5.41) is 11.5. The van der Waals surface area contributed by atoms with Crippen molar-refractivity contribution in [1.29, 1.82) is 0 Å². The third-order valence-electron chi connectivity index (χ3n) is 7.05. The number of nitrogens with zero attached hydrogens (tertiary/aromatic N) is 5. The number of halogens is 3. The number of likely N-dealkylation sites (tertiary alicyclic amines) is 1. The SMILES string of the molecule is NC(=O)CN1CC[C@@H](Cn2ccc3c(N(Cc4ccc(C(F)(F)F)cc4)C4CC4)ncnc32)[C@H](O)C1. The lowest BCUT2D eigenvalue weighted by Crippen LogP contribution is -2.47. The summed E-state index contributed by atoms with van der Waals surface area (Å²) in [6.45, 7) is 2.26. The van der Waals surface area contributed by atoms with Crippen LogP contribution in [0.25, 0.3) is 11.0 Å². The Balaban J connectivity index is 1.34. The number of alkyl halides is 3. The van der Waals surface area contributed by atoms with Crippen molar-refractivity contribution in [3.05, 3.63) is 54.0 Å². The summed E-state index contributed by atoms with van der Waals surface area (Å²) in [5.74, 6) is 0.366. The molecule has 1 amide bonds. The first-order chi connectivity index (χ1) is 17.2. The largest absolute Gasteiger partial charge is 0.416 e. The molecule has 0 spiro atoms. The summed E-state index contributed by atoms with van der Waals surface area (Å²) in [6.07, 6.45) is 1.25. The van der Waals surface area contributed by atoms with Crippen LogP contribution in [0.4, 0.5) is 19.0 Å². The van der Waals surface area contributed by atoms with Crippen LogP contribution < -0.4 is 10.6 Å². The fourth-order valence-electron chi connectivity index (χ4n) is 5.00. The summed E-state index contributed by atoms with van der Waals surface area (Å²) < 4.78 is 40.9. The Hall–Kier alpha value is -3.18. The van der Waals surface area contributed by atoms with E-state index in [9.17, 15) is 23.1 Å². The van der Waals surface area contributed by atoms with Crippen LogP contribution in [0.15, 0.2) is 42.9 Å². The third kappa shape index (κ3) is 5.31. The fourth-order valence-corrected chi connectivity index (χ4v) is 5.00. The highest BCUT2D eigenvalue weighted by atomic mass is 19.4. The molecule has 36 heavy (non-hydrogen) atoms. The van der Waals surface area contributed by atoms with Crippen molar-refractivity contribution >= 4 is 22.8 Å². The quantitative estimate of drug-likeness (QED) is 0.492. The molecule has 5 rings (SSSR count). The number of carbonyl (C=O) groups is 1. The number of aromatic nitrogens is 3. The molecule has 11 heteroatoms. The smallest absolute Gasteiger partial charge is 0.391 e. The molecule has 8 nitrogen and oxygen atoms in total. The van der Waals surface area contributed by atoms with E-state index in [0.29, 0.717) is 26.2 Å². The number of fused-ring (bicyclic) bond motifs is 1. The summed E-state index contributed by atoms with van der Waals surface area (Å²) in [7, 11) is 0. The number of benzene rings is 1. The molecule has 3 heterocycles. The third-order valence-corrected chi connectivity index (χ3v) is 7.05. The van der Waals surface area contributed by atoms with Gasteiger partial charge >= 0.3 is 6.18 Å². The Morgan fingerprint density at radius 1 is 1.14 bits per heavy atom. The number of aliphatic hydroxyl groups excluding tert-OH is 1. The highest BCUT2D eigenvalue weighted by Crippen LogP contribution is 2.36. The van der Waals surface area contributed by atoms with Gasteiger partial charge in [0.15, 0.2) is 0 Å². The van der Waals surface area contributed by atoms with E-state index >= 15 is 0 Å². The van der Waals surface area contributed by atoms with Crippen molar-refractivity contribution in [1.82, 2.24) is 19.4 Å². The van der Waals surface area contributed by atoms with E-state index in [1.54, 1.807) is 0 Å². The topological polar surface area (TPSA) is 101 Å². The highest BCUT2D eigenvalue weighted by molar-refractivity contribution is 5.88. The lowest BCUT2D eigenvalue weighted by atomic mass is 9.93. The van der Waals surface area contributed by atoms with Gasteiger partial charge in [-0.25, -0.2) is 9.97 Å². The van der Waals surface area contributed by atoms with Crippen molar-refractivity contribution < 1.29 is 23.1 Å². The van der Waals surface area contributed by atoms with Crippen LogP contribution in [0, 0.1) is 5.92 Å². The Morgan fingerprint density at radius 2 is 1.89 bits per heavy atom. The molecule has 2 aromatic heterocycles. The van der Waals surface area contributed by atoms with Crippen molar-refractivity contribution in [2.45, 2.75) is 50.7 Å². The van der Waals surface area contributed by atoms with Crippen LogP contribution in [0.2, 0.25) is 0 Å². The van der Waals surface area contributed by atoms with Gasteiger partial charge < -0.3 is 20.3 Å². The van der Waals surface area contributed by atoms with Crippen LogP contribution >= 0.6 is 0 Å². The lowest BCUT2D eigenvalue weighted by molar-refractivity contribution is -0.137. The first kappa shape index (κ1) is 24.5. The van der Waals surface area contributed by atoms with Crippen LogP contribution in [0.1, 0.15) is 30.4 Å². The van der Waals surface area contributed by atoms with Crippen LogP contribution in [0.3, 0.4) is 0 Å². The van der Waals surface area contributed by atoms with E-state index in [-0.39, 0.29) is 18.5 Å². The number of anilines is 1. The van der Waals surface area contributed by atoms with E-state index in [1.807, 2.05) is 21.7 Å². The van der Waals surface area contributed by atoms with E-state index in [2.05, 4.69) is 14.9 Å². The molecule has 1 saturated heterocycles. The molecule has 0 bridgehead atoms. The molecule has 1 aliphatic heterocycles. The molecule has 1 aromatic carbocycles. The van der Waals surface area contributed by atoms with Crippen LogP contribution in [0.5, 0.6) is 0 Å². The molecular weight excluding hydrogens is 473 g/mol. The van der Waals surface area contributed by atoms with E-state index in [0.717, 1.165) is 53.8 Å². The van der Waals surface area contributed by atoms with Crippen LogP contribution in [-0.2, 0) is 24.1 Å². The van der Waals surface area contributed by atoms with E-state index in [1.165, 1.54) is 18.5 Å². The molecule has 3 N–H and O–H groups in total. The molecule has 2 aliphatic rings. The average molecular weight is 503 g/mol. The van der Waals surface area contributed by atoms with Gasteiger partial charge in [-0.3, -0.25) is 9.69 Å². The van der Waals surface area contributed by atoms with Gasteiger partial charge in [0.1, 0.15) is 17.8 Å². The average Bonchev–Trinajstić information content (AvgIpc) is 3.59. The number of hydrogen-bond acceptors (Lipinski definition) is 6. The van der Waals surface area contributed by atoms with Crippen LogP contribution in [-0.4, -0.2) is 62.2 Å². The summed E-state index contributed by atoms with van der Waals surface area (Å²) in [4.78, 5) is 24.3. The van der Waals surface area contributed by atoms with Crippen molar-refractivity contribution in [3.8, 4) is 0 Å². The van der Waals surface area contributed by atoms with Gasteiger partial charge in [-0.2, -0.15) is 13.2 Å². The molecule has 0 unspecified atom stereocenters. The Kier molecular flexibility index (Phi) is 6.60. The standard InChI is InChI=1S/C25H29F3N6O2/c26-25(27,28)18-3-1-16(2-4-18)11-34(19-5-6-19)24-20-8-10-33(23(20)30-15-31-24)12-17-7-9-32(13-21(17)35)14-22(29)36/h1-4,8,10,15,17,19,21,35H,5-7,9,11-14H2,(H2,29,36)/t17-,21+/m0/s1. The normalized spacial score (nSPS) is 21.1. The zero-order chi connectivity index (χ0) is 25.4. The number of piperidine rings is 1. The number of carbonyl (C=O) groups excluding carboxylic acids is 1. The number of β-amino-alcohol motifs (C(OH)–C–C–N with tert-alkyl or cyclic N) is 1. The number of primary amides is 1. The molecular formula is C25H29F3N6O2. The zero-order valence-electron chi connectivity index (χ0n) is 19.7. The number of hydrogen-bond donors (Lipinski definition) is 2. The first-order valence-corrected chi connectivity index (χ1v) is 12.1. The first-order valence-electron chi connectivity index (χ1n) is 12.1.